The molecule has 2 saturated carbocycles. The second-order valence-corrected chi connectivity index (χ2v) is 22.0. The molecule has 0 bridgehead atoms. The van der Waals surface area contributed by atoms with E-state index in [0.29, 0.717) is 37.1 Å². The van der Waals surface area contributed by atoms with Gasteiger partial charge in [-0.05, 0) is 183 Å². The maximum atomic E-state index is 7.58. The Kier molecular flexibility index (Phi) is 15.3. The van der Waals surface area contributed by atoms with E-state index in [-0.39, 0.29) is 24.4 Å². The van der Waals surface area contributed by atoms with Crippen molar-refractivity contribution >= 4 is 73.1 Å². The van der Waals surface area contributed by atoms with Gasteiger partial charge in [-0.3, -0.25) is 0 Å². The number of nitrogens with zero attached hydrogens (tertiary/aromatic N) is 4. The fraction of sp³-hybridized carbons (Fsp3) is 0.323. The summed E-state index contributed by atoms with van der Waals surface area (Å²) in [5.74, 6) is 0. The third-order valence-electron chi connectivity index (χ3n) is 15.7. The van der Waals surface area contributed by atoms with Crippen LogP contribution in [0.5, 0.6) is 0 Å². The van der Waals surface area contributed by atoms with Gasteiger partial charge in [0.2, 0.25) is 0 Å². The van der Waals surface area contributed by atoms with Crippen LogP contribution >= 0.6 is 15.9 Å². The van der Waals surface area contributed by atoms with Crippen molar-refractivity contribution in [2.75, 3.05) is 11.5 Å². The van der Waals surface area contributed by atoms with Crippen LogP contribution in [0.1, 0.15) is 98.8 Å². The second-order valence-electron chi connectivity index (χ2n) is 21.1. The molecule has 0 amide bonds. The summed E-state index contributed by atoms with van der Waals surface area (Å²) in [5.41, 5.74) is 26.8. The zero-order valence-electron chi connectivity index (χ0n) is 43.8. The van der Waals surface area contributed by atoms with E-state index in [2.05, 4.69) is 124 Å². The molecular formula is C62H66BBrN6O4. The molecule has 378 valence electrons. The quantitative estimate of drug-likeness (QED) is 0.0803. The van der Waals surface area contributed by atoms with Crippen LogP contribution in [0.15, 0.2) is 138 Å². The van der Waals surface area contributed by atoms with Crippen molar-refractivity contribution in [2.45, 2.75) is 130 Å². The van der Waals surface area contributed by atoms with Crippen molar-refractivity contribution in [2.24, 2.45) is 0 Å². The molecule has 0 atom stereocenters. The first-order valence-corrected chi connectivity index (χ1v) is 26.3. The minimum absolute atomic E-state index is 0.277. The third-order valence-corrected chi connectivity index (χ3v) is 16.3. The van der Waals surface area contributed by atoms with E-state index in [1.807, 2.05) is 99.6 Å². The topological polar surface area (TPSA) is 108 Å². The third kappa shape index (κ3) is 10.8. The summed E-state index contributed by atoms with van der Waals surface area (Å²) in [5, 5.41) is 2.23. The lowest BCUT2D eigenvalue weighted by molar-refractivity contribution is -0.0348. The van der Waals surface area contributed by atoms with Gasteiger partial charge in [-0.2, -0.15) is 0 Å². The molecule has 10 nitrogen and oxygen atoms in total. The number of fused-ring (bicyclic) bond motifs is 2. The molecule has 2 aliphatic carbocycles. The van der Waals surface area contributed by atoms with Gasteiger partial charge in [0.25, 0.3) is 0 Å². The summed E-state index contributed by atoms with van der Waals surface area (Å²) < 4.78 is 30.0. The van der Waals surface area contributed by atoms with Gasteiger partial charge < -0.3 is 39.4 Å². The van der Waals surface area contributed by atoms with Gasteiger partial charge in [-0.1, -0.05) is 84.9 Å². The van der Waals surface area contributed by atoms with Gasteiger partial charge in [0.15, 0.2) is 11.4 Å². The maximum absolute atomic E-state index is 7.58. The Bertz CT molecular complexity index is 3380. The van der Waals surface area contributed by atoms with E-state index in [0.717, 1.165) is 96.8 Å². The van der Waals surface area contributed by atoms with Gasteiger partial charge >= 0.3 is 7.12 Å². The number of aryl methyl sites for hydroxylation is 2. The summed E-state index contributed by atoms with van der Waals surface area (Å²) in [6, 6.07) is 41.7. The molecule has 74 heavy (non-hydrogen) atoms. The molecule has 0 radical (unpaired) electrons. The van der Waals surface area contributed by atoms with Crippen LogP contribution in [0.4, 0.5) is 22.7 Å². The standard InChI is InChI=1S/C28H27N3O.C21H19BrN2O.C13H20BNO2/c1-18-12-28-24(15-27(18)30-3)25(23-10-7-11-26(29)19(23)2)16-31(28)21-13-22(14-21)32-17-20-8-5-4-6-9-20;1-14-8-21-18(11-20(14)23-2)19(22)12-24(21)16-9-17(10-16)25-13-15-6-4-3-5-7-15;1-9-10(7-6-8-11(9)15)14-16-12(2,3)13(4,5)17-14/h4-12,15-16,21-22H,13-14,17,29H2,1-2H3;3-8,11-12,16-17H,9-10,13H2,1H3;6-8H,15H2,1-5H3. The average molecular weight is 1050 g/mol. The van der Waals surface area contributed by atoms with Crippen LogP contribution in [-0.2, 0) is 32.0 Å². The zero-order valence-corrected chi connectivity index (χ0v) is 45.4. The summed E-state index contributed by atoms with van der Waals surface area (Å²) in [7, 11) is -0.330. The van der Waals surface area contributed by atoms with Crippen LogP contribution in [0.2, 0.25) is 0 Å². The molecule has 8 aromatic rings. The molecule has 2 aromatic heterocycles. The lowest BCUT2D eigenvalue weighted by atomic mass is 9.76. The first-order chi connectivity index (χ1) is 35.4. The van der Waals surface area contributed by atoms with Crippen molar-refractivity contribution in [3.63, 3.8) is 0 Å². The Labute approximate surface area is 445 Å². The van der Waals surface area contributed by atoms with Crippen LogP contribution < -0.4 is 16.9 Å². The van der Waals surface area contributed by atoms with Crippen molar-refractivity contribution in [3.05, 3.63) is 194 Å². The first-order valence-electron chi connectivity index (χ1n) is 25.5. The maximum Gasteiger partial charge on any atom is 0.495 e. The molecule has 4 N–H and O–H groups in total. The van der Waals surface area contributed by atoms with Gasteiger partial charge in [-0.25, -0.2) is 9.69 Å². The molecule has 3 heterocycles. The summed E-state index contributed by atoms with van der Waals surface area (Å²) in [6.07, 6.45) is 9.06. The Morgan fingerprint density at radius 2 is 1.05 bits per heavy atom. The van der Waals surface area contributed by atoms with Crippen molar-refractivity contribution in [3.8, 4) is 11.1 Å². The molecular weight excluding hydrogens is 983 g/mol. The van der Waals surface area contributed by atoms with Crippen LogP contribution in [0.3, 0.4) is 0 Å². The molecule has 1 aliphatic heterocycles. The van der Waals surface area contributed by atoms with Crippen LogP contribution in [0, 0.1) is 40.8 Å². The minimum Gasteiger partial charge on any atom is -0.399 e. The number of aromatic nitrogens is 2. The van der Waals surface area contributed by atoms with Crippen molar-refractivity contribution < 1.29 is 18.8 Å². The number of rotatable bonds is 10. The number of hydrogen-bond acceptors (Lipinski definition) is 6. The van der Waals surface area contributed by atoms with E-state index < -0.39 is 0 Å². The van der Waals surface area contributed by atoms with Gasteiger partial charge in [0.05, 0.1) is 49.8 Å². The number of halogens is 1. The fourth-order valence-electron chi connectivity index (χ4n) is 10.0. The molecule has 6 aromatic carbocycles. The van der Waals surface area contributed by atoms with Crippen molar-refractivity contribution in [1.29, 1.82) is 0 Å². The highest BCUT2D eigenvalue weighted by atomic mass is 79.9. The van der Waals surface area contributed by atoms with E-state index >= 15 is 0 Å². The Balaban J connectivity index is 0.000000143. The Hall–Kier alpha value is -6.64. The highest BCUT2D eigenvalue weighted by Gasteiger charge is 2.52. The minimum atomic E-state index is -0.330. The predicted molar refractivity (Wildman–Crippen MR) is 306 cm³/mol. The van der Waals surface area contributed by atoms with Crippen LogP contribution in [-0.4, -0.2) is 39.7 Å². The predicted octanol–water partition coefficient (Wildman–Crippen LogP) is 15.0. The first kappa shape index (κ1) is 52.2. The smallest absolute Gasteiger partial charge is 0.399 e. The summed E-state index contributed by atoms with van der Waals surface area (Å²) in [4.78, 5) is 7.36. The molecule has 3 fully saturated rings. The number of hydrogen-bond donors (Lipinski definition) is 2. The Morgan fingerprint density at radius 1 is 0.595 bits per heavy atom. The van der Waals surface area contributed by atoms with E-state index in [4.69, 9.17) is 43.4 Å². The Morgan fingerprint density at radius 3 is 1.57 bits per heavy atom. The molecule has 1 saturated heterocycles. The summed E-state index contributed by atoms with van der Waals surface area (Å²) in [6.45, 7) is 32.5. The number of benzene rings is 6. The number of anilines is 2. The monoisotopic (exact) mass is 1050 g/mol. The largest absolute Gasteiger partial charge is 0.495 e. The summed E-state index contributed by atoms with van der Waals surface area (Å²) >= 11 is 3.65. The molecule has 12 heteroatoms. The van der Waals surface area contributed by atoms with E-state index in [1.165, 1.54) is 22.2 Å². The number of ether oxygens (including phenoxy) is 2. The van der Waals surface area contributed by atoms with Gasteiger partial charge in [-0.15, -0.1) is 0 Å². The van der Waals surface area contributed by atoms with Crippen LogP contribution in [0.25, 0.3) is 42.6 Å². The SMILES string of the molecule is Cc1c(N)cccc1B1OC(C)(C)C(C)(C)O1.[C-]#[N+]c1cc2c(-c3cccc(N)c3C)cn(C3CC(OCc4ccccc4)C3)c2cc1C.[C-]#[N+]c1cc2c(Br)cn(C3CC(OCc4ccccc4)C3)c2cc1C. The molecule has 3 aliphatic rings. The van der Waals surface area contributed by atoms with Gasteiger partial charge in [0, 0.05) is 62.3 Å². The molecule has 11 rings (SSSR count). The van der Waals surface area contributed by atoms with Gasteiger partial charge in [0.1, 0.15) is 0 Å². The highest BCUT2D eigenvalue weighted by Crippen LogP contribution is 2.45. The number of nitrogen functional groups attached to an aromatic ring is 2. The lowest BCUT2D eigenvalue weighted by Gasteiger charge is -2.36. The average Bonchev–Trinajstić information content (AvgIpc) is 3.95. The van der Waals surface area contributed by atoms with Crippen molar-refractivity contribution in [1.82, 2.24) is 9.13 Å². The number of nitrogens with two attached hydrogens (primary N) is 2. The second kappa shape index (κ2) is 21.7. The molecule has 0 spiro atoms. The normalized spacial score (nSPS) is 19.3. The lowest BCUT2D eigenvalue weighted by Crippen LogP contribution is -2.41. The zero-order chi connectivity index (χ0) is 52.5. The van der Waals surface area contributed by atoms with E-state index in [1.54, 1.807) is 0 Å². The molecule has 0 unspecified atom stereocenters. The fourth-order valence-corrected chi connectivity index (χ4v) is 10.6. The highest BCUT2D eigenvalue weighted by molar-refractivity contribution is 9.10. The van der Waals surface area contributed by atoms with E-state index in [9.17, 15) is 0 Å².